The Morgan fingerprint density at radius 2 is 2.00 bits per heavy atom. The van der Waals surface area contributed by atoms with Crippen molar-refractivity contribution in [2.24, 2.45) is 0 Å². The van der Waals surface area contributed by atoms with Crippen molar-refractivity contribution in [3.05, 3.63) is 65.7 Å². The Bertz CT molecular complexity index is 516. The molecule has 3 nitrogen and oxygen atoms in total. The number of benzene rings is 1. The molecule has 0 aliphatic rings. The molecule has 0 saturated carbocycles. The molecular formula is C16H19FN2O. The van der Waals surface area contributed by atoms with Crippen LogP contribution in [0.3, 0.4) is 0 Å². The van der Waals surface area contributed by atoms with E-state index in [1.165, 1.54) is 12.1 Å². The van der Waals surface area contributed by atoms with E-state index in [1.54, 1.807) is 18.3 Å². The van der Waals surface area contributed by atoms with E-state index in [1.807, 2.05) is 25.3 Å². The van der Waals surface area contributed by atoms with Gasteiger partial charge in [-0.1, -0.05) is 18.2 Å². The quantitative estimate of drug-likeness (QED) is 0.851. The predicted molar refractivity (Wildman–Crippen MR) is 76.5 cm³/mol. The summed E-state index contributed by atoms with van der Waals surface area (Å²) in [5, 5.41) is 13.4. The molecule has 0 bridgehead atoms. The van der Waals surface area contributed by atoms with Crippen LogP contribution in [0.4, 0.5) is 4.39 Å². The van der Waals surface area contributed by atoms with Gasteiger partial charge in [-0.05, 0) is 42.7 Å². The Morgan fingerprint density at radius 1 is 1.25 bits per heavy atom. The molecule has 0 aliphatic carbocycles. The number of hydrogen-bond acceptors (Lipinski definition) is 3. The highest BCUT2D eigenvalue weighted by Gasteiger charge is 2.12. The van der Waals surface area contributed by atoms with Crippen LogP contribution in [0.25, 0.3) is 0 Å². The van der Waals surface area contributed by atoms with Crippen LogP contribution >= 0.6 is 0 Å². The molecule has 2 atom stereocenters. The number of nitrogens with zero attached hydrogens (tertiary/aromatic N) is 1. The number of aromatic nitrogens is 1. The maximum absolute atomic E-state index is 12.8. The van der Waals surface area contributed by atoms with Gasteiger partial charge in [0.05, 0.1) is 6.10 Å². The summed E-state index contributed by atoms with van der Waals surface area (Å²) < 4.78 is 12.8. The lowest BCUT2D eigenvalue weighted by atomic mass is 10.0. The number of rotatable bonds is 6. The lowest BCUT2D eigenvalue weighted by Crippen LogP contribution is -2.27. The number of hydrogen-bond donors (Lipinski definition) is 2. The third kappa shape index (κ3) is 4.40. The van der Waals surface area contributed by atoms with Crippen molar-refractivity contribution >= 4 is 0 Å². The molecule has 0 saturated heterocycles. The fourth-order valence-corrected chi connectivity index (χ4v) is 2.03. The molecule has 0 aliphatic heterocycles. The van der Waals surface area contributed by atoms with E-state index in [0.717, 1.165) is 11.1 Å². The third-order valence-corrected chi connectivity index (χ3v) is 3.21. The highest BCUT2D eigenvalue weighted by molar-refractivity contribution is 5.18. The van der Waals surface area contributed by atoms with Crippen molar-refractivity contribution in [2.75, 3.05) is 0 Å². The number of aliphatic hydroxyl groups excluding tert-OH is 1. The Kier molecular flexibility index (Phi) is 5.21. The van der Waals surface area contributed by atoms with Gasteiger partial charge in [-0.25, -0.2) is 4.39 Å². The first-order chi connectivity index (χ1) is 9.65. The minimum atomic E-state index is -0.591. The fraction of sp³-hybridized carbons (Fsp3) is 0.312. The van der Waals surface area contributed by atoms with Gasteiger partial charge in [0.15, 0.2) is 0 Å². The minimum Gasteiger partial charge on any atom is -0.388 e. The Balaban J connectivity index is 1.82. The summed E-state index contributed by atoms with van der Waals surface area (Å²) >= 11 is 0. The molecule has 0 spiro atoms. The zero-order chi connectivity index (χ0) is 14.4. The standard InChI is InChI=1S/C16H19FN2O/c1-12(19-11-13-3-2-8-18-10-13)9-16(20)14-4-6-15(17)7-5-14/h2-8,10,12,16,19-20H,9,11H2,1H3. The van der Waals surface area contributed by atoms with Gasteiger partial charge in [0, 0.05) is 25.0 Å². The lowest BCUT2D eigenvalue weighted by Gasteiger charge is -2.18. The summed E-state index contributed by atoms with van der Waals surface area (Å²) in [5.41, 5.74) is 1.84. The molecule has 1 heterocycles. The van der Waals surface area contributed by atoms with E-state index < -0.39 is 6.10 Å². The molecule has 2 unspecified atom stereocenters. The zero-order valence-electron chi connectivity index (χ0n) is 11.5. The van der Waals surface area contributed by atoms with Crippen molar-refractivity contribution in [3.63, 3.8) is 0 Å². The summed E-state index contributed by atoms with van der Waals surface area (Å²) in [6.45, 7) is 2.73. The minimum absolute atomic E-state index is 0.148. The lowest BCUT2D eigenvalue weighted by molar-refractivity contribution is 0.153. The molecule has 4 heteroatoms. The van der Waals surface area contributed by atoms with Gasteiger partial charge >= 0.3 is 0 Å². The van der Waals surface area contributed by atoms with E-state index in [-0.39, 0.29) is 11.9 Å². The van der Waals surface area contributed by atoms with Crippen LogP contribution in [0.2, 0.25) is 0 Å². The van der Waals surface area contributed by atoms with E-state index >= 15 is 0 Å². The maximum atomic E-state index is 12.8. The van der Waals surface area contributed by atoms with Crippen LogP contribution < -0.4 is 5.32 Å². The monoisotopic (exact) mass is 274 g/mol. The molecule has 0 radical (unpaired) electrons. The van der Waals surface area contributed by atoms with Crippen LogP contribution in [0.1, 0.15) is 30.6 Å². The van der Waals surface area contributed by atoms with Crippen molar-refractivity contribution in [1.82, 2.24) is 10.3 Å². The highest BCUT2D eigenvalue weighted by Crippen LogP contribution is 2.18. The molecule has 0 amide bonds. The van der Waals surface area contributed by atoms with E-state index in [2.05, 4.69) is 10.3 Å². The normalized spacial score (nSPS) is 13.9. The van der Waals surface area contributed by atoms with Crippen molar-refractivity contribution in [2.45, 2.75) is 32.0 Å². The Hall–Kier alpha value is -1.78. The summed E-state index contributed by atoms with van der Waals surface area (Å²) in [6.07, 6.45) is 3.54. The Labute approximate surface area is 118 Å². The molecular weight excluding hydrogens is 255 g/mol. The van der Waals surface area contributed by atoms with Crippen LogP contribution in [-0.2, 0) is 6.54 Å². The Morgan fingerprint density at radius 3 is 2.65 bits per heavy atom. The summed E-state index contributed by atoms with van der Waals surface area (Å²) in [5.74, 6) is -0.288. The fourth-order valence-electron chi connectivity index (χ4n) is 2.03. The van der Waals surface area contributed by atoms with Crippen LogP contribution in [-0.4, -0.2) is 16.1 Å². The van der Waals surface area contributed by atoms with Crippen molar-refractivity contribution < 1.29 is 9.50 Å². The smallest absolute Gasteiger partial charge is 0.123 e. The predicted octanol–water partition coefficient (Wildman–Crippen LogP) is 2.82. The van der Waals surface area contributed by atoms with Crippen LogP contribution in [0.5, 0.6) is 0 Å². The van der Waals surface area contributed by atoms with E-state index in [0.29, 0.717) is 13.0 Å². The first-order valence-electron chi connectivity index (χ1n) is 6.71. The summed E-state index contributed by atoms with van der Waals surface area (Å²) in [7, 11) is 0. The topological polar surface area (TPSA) is 45.1 Å². The highest BCUT2D eigenvalue weighted by atomic mass is 19.1. The molecule has 1 aromatic carbocycles. The first kappa shape index (κ1) is 14.6. The third-order valence-electron chi connectivity index (χ3n) is 3.21. The van der Waals surface area contributed by atoms with Crippen LogP contribution in [0, 0.1) is 5.82 Å². The van der Waals surface area contributed by atoms with Gasteiger partial charge in [-0.15, -0.1) is 0 Å². The summed E-state index contributed by atoms with van der Waals surface area (Å²) in [6, 6.07) is 10.0. The van der Waals surface area contributed by atoms with Gasteiger partial charge < -0.3 is 10.4 Å². The van der Waals surface area contributed by atoms with Gasteiger partial charge in [-0.3, -0.25) is 4.98 Å². The second-order valence-corrected chi connectivity index (χ2v) is 4.95. The maximum Gasteiger partial charge on any atom is 0.123 e. The van der Waals surface area contributed by atoms with E-state index in [9.17, 15) is 9.50 Å². The van der Waals surface area contributed by atoms with Crippen molar-refractivity contribution in [1.29, 1.82) is 0 Å². The number of nitrogens with one attached hydrogen (secondary N) is 1. The SMILES string of the molecule is CC(CC(O)c1ccc(F)cc1)NCc1cccnc1. The second-order valence-electron chi connectivity index (χ2n) is 4.95. The molecule has 0 fully saturated rings. The molecule has 2 aromatic rings. The molecule has 2 rings (SSSR count). The average Bonchev–Trinajstić information content (AvgIpc) is 2.47. The molecule has 1 aromatic heterocycles. The zero-order valence-corrected chi connectivity index (χ0v) is 11.5. The number of aliphatic hydroxyl groups is 1. The van der Waals surface area contributed by atoms with Gasteiger partial charge in [-0.2, -0.15) is 0 Å². The van der Waals surface area contributed by atoms with Gasteiger partial charge in [0.1, 0.15) is 5.82 Å². The second kappa shape index (κ2) is 7.12. The molecule has 20 heavy (non-hydrogen) atoms. The molecule has 2 N–H and O–H groups in total. The van der Waals surface area contributed by atoms with E-state index in [4.69, 9.17) is 0 Å². The summed E-state index contributed by atoms with van der Waals surface area (Å²) in [4.78, 5) is 4.05. The number of pyridine rings is 1. The van der Waals surface area contributed by atoms with Crippen LogP contribution in [0.15, 0.2) is 48.8 Å². The first-order valence-corrected chi connectivity index (χ1v) is 6.71. The van der Waals surface area contributed by atoms with Gasteiger partial charge in [0.2, 0.25) is 0 Å². The van der Waals surface area contributed by atoms with Gasteiger partial charge in [0.25, 0.3) is 0 Å². The molecule has 106 valence electrons. The van der Waals surface area contributed by atoms with Crippen molar-refractivity contribution in [3.8, 4) is 0 Å². The average molecular weight is 274 g/mol. The number of halogens is 1. The largest absolute Gasteiger partial charge is 0.388 e.